The zero-order valence-corrected chi connectivity index (χ0v) is 40.7. The van der Waals surface area contributed by atoms with E-state index in [9.17, 15) is 0 Å². The van der Waals surface area contributed by atoms with Crippen molar-refractivity contribution in [1.29, 1.82) is 0 Å². The monoisotopic (exact) mass is 1020 g/mol. The Labute approximate surface area is 378 Å². The van der Waals surface area contributed by atoms with E-state index in [1.807, 2.05) is 75.4 Å². The molecule has 0 aliphatic carbocycles. The molecular formula is C55H60GeIrN2-2. The fourth-order valence-electron chi connectivity index (χ4n) is 7.09. The quantitative estimate of drug-likeness (QED) is 0.106. The molecule has 0 bridgehead atoms. The van der Waals surface area contributed by atoms with Crippen molar-refractivity contribution in [2.24, 2.45) is 5.41 Å². The minimum Gasteiger partial charge on any atom is -0.304 e. The molecule has 4 heteroatoms. The van der Waals surface area contributed by atoms with Gasteiger partial charge >= 0.3 is 158 Å². The number of rotatable bonds is 9. The number of hydrogen-bond acceptors (Lipinski definition) is 2. The van der Waals surface area contributed by atoms with Crippen molar-refractivity contribution in [3.05, 3.63) is 174 Å². The second-order valence-corrected chi connectivity index (χ2v) is 28.4. The molecule has 305 valence electrons. The van der Waals surface area contributed by atoms with Crippen LogP contribution in [-0.2, 0) is 26.5 Å². The third-order valence-electron chi connectivity index (χ3n) is 10.2. The molecule has 0 aliphatic rings. The minimum absolute atomic E-state index is 0. The summed E-state index contributed by atoms with van der Waals surface area (Å²) in [7, 11) is 0. The molecule has 0 aliphatic heterocycles. The predicted molar refractivity (Wildman–Crippen MR) is 252 cm³/mol. The topological polar surface area (TPSA) is 25.8 Å². The summed E-state index contributed by atoms with van der Waals surface area (Å²) < 4.78 is 43.3. The number of aryl methyl sites for hydroxylation is 1. The molecule has 2 heterocycles. The van der Waals surface area contributed by atoms with E-state index in [0.717, 1.165) is 61.3 Å². The fourth-order valence-corrected chi connectivity index (χ4v) is 9.53. The van der Waals surface area contributed by atoms with Gasteiger partial charge in [0.1, 0.15) is 0 Å². The Morgan fingerprint density at radius 3 is 1.81 bits per heavy atom. The van der Waals surface area contributed by atoms with Crippen LogP contribution in [0, 0.1) is 24.4 Å². The van der Waals surface area contributed by atoms with E-state index < -0.39 is 31.9 Å². The Hall–Kier alpha value is -4.41. The SMILES string of the molecule is [2H]C([2H])([2H])c1cnc(-c2[c-]ccc(-c3cc[c]([Ge]([CH3])([CH3])[CH3])cc3)c2)cc1-c1c(C(C)C)cc(-c2ccccc2)cc1C(C)C.[2H]C([2H])(c1ccc(-c2[c-]cccc2)nc1)C(C)(C)C.[Ir]. The zero-order chi connectivity index (χ0) is 45.9. The van der Waals surface area contributed by atoms with Gasteiger partial charge in [0.05, 0.1) is 0 Å². The van der Waals surface area contributed by atoms with Crippen molar-refractivity contribution in [2.75, 3.05) is 0 Å². The van der Waals surface area contributed by atoms with Crippen molar-refractivity contribution in [3.8, 4) is 55.9 Å². The zero-order valence-electron chi connectivity index (χ0n) is 41.2. The third-order valence-corrected chi connectivity index (χ3v) is 14.5. The first-order valence-corrected chi connectivity index (χ1v) is 27.7. The van der Waals surface area contributed by atoms with Gasteiger partial charge in [-0.15, -0.1) is 35.9 Å². The molecule has 2 nitrogen and oxygen atoms in total. The van der Waals surface area contributed by atoms with E-state index in [0.29, 0.717) is 11.3 Å². The molecule has 0 spiro atoms. The molecule has 0 atom stereocenters. The molecule has 0 unspecified atom stereocenters. The molecule has 0 N–H and O–H groups in total. The van der Waals surface area contributed by atoms with Crippen molar-refractivity contribution in [1.82, 2.24) is 9.97 Å². The van der Waals surface area contributed by atoms with E-state index >= 15 is 0 Å². The van der Waals surface area contributed by atoms with E-state index in [1.54, 1.807) is 12.4 Å². The average molecular weight is 1020 g/mol. The van der Waals surface area contributed by atoms with Crippen molar-refractivity contribution in [3.63, 3.8) is 0 Å². The van der Waals surface area contributed by atoms with Gasteiger partial charge in [0.2, 0.25) is 0 Å². The summed E-state index contributed by atoms with van der Waals surface area (Å²) in [5, 5.41) is 0. The summed E-state index contributed by atoms with van der Waals surface area (Å²) in [5.74, 6) is 7.58. The molecule has 0 saturated heterocycles. The Morgan fingerprint density at radius 2 is 1.25 bits per heavy atom. The first-order chi connectivity index (χ1) is 29.6. The Bertz CT molecular complexity index is 2600. The van der Waals surface area contributed by atoms with Crippen LogP contribution in [0.1, 0.15) is 89.4 Å². The van der Waals surface area contributed by atoms with Crippen molar-refractivity contribution in [2.45, 2.75) is 90.8 Å². The molecule has 7 rings (SSSR count). The summed E-state index contributed by atoms with van der Waals surface area (Å²) >= 11 is -1.91. The first kappa shape index (κ1) is 38.8. The van der Waals surface area contributed by atoms with Crippen LogP contribution in [0.2, 0.25) is 17.3 Å². The van der Waals surface area contributed by atoms with Crippen LogP contribution < -0.4 is 4.40 Å². The van der Waals surface area contributed by atoms with Crippen LogP contribution in [0.3, 0.4) is 0 Å². The summed E-state index contributed by atoms with van der Waals surface area (Å²) in [4.78, 5) is 9.07. The smallest absolute Gasteiger partial charge is 0.304 e. The second kappa shape index (κ2) is 19.8. The number of hydrogen-bond donors (Lipinski definition) is 0. The molecule has 2 aromatic heterocycles. The van der Waals surface area contributed by atoms with Crippen LogP contribution in [-0.4, -0.2) is 23.2 Å². The molecule has 0 fully saturated rings. The van der Waals surface area contributed by atoms with E-state index in [2.05, 4.69) is 135 Å². The molecule has 0 amide bonds. The van der Waals surface area contributed by atoms with Gasteiger partial charge < -0.3 is 4.98 Å². The maximum absolute atomic E-state index is 8.47. The second-order valence-electron chi connectivity index (χ2n) is 17.7. The molecule has 0 saturated carbocycles. The maximum atomic E-state index is 8.47. The third kappa shape index (κ3) is 11.9. The standard InChI is InChI=1S/C39H42GeN.C16H18N.Ir/c1-26(2)35-22-33(29-13-10-9-11-14-29)23-36(27(3)4)39(35)37-24-38(41-25-28(37)5)32-16-12-15-31(21-32)30-17-19-34(20-18-30)40(6,7)8;1-16(2,3)11-13-9-10-15(17-12-13)14-7-5-4-6-8-14;/h9-15,17-27H,1-8H3;4-7,9-10,12H,11H2,1-3H3;/q2*-1;/i5D3;11D2;. The first-order valence-electron chi connectivity index (χ1n) is 22.9. The molecule has 59 heavy (non-hydrogen) atoms. The van der Waals surface area contributed by atoms with Crippen molar-refractivity contribution < 1.29 is 27.0 Å². The van der Waals surface area contributed by atoms with E-state index in [-0.39, 0.29) is 37.5 Å². The number of aromatic nitrogens is 2. The normalized spacial score (nSPS) is 13.3. The summed E-state index contributed by atoms with van der Waals surface area (Å²) in [6.07, 6.45) is 1.78. The molecule has 7 aromatic rings. The minimum atomic E-state index is -2.31. The van der Waals surface area contributed by atoms with Crippen LogP contribution in [0.5, 0.6) is 0 Å². The average Bonchev–Trinajstić information content (AvgIpc) is 3.25. The van der Waals surface area contributed by atoms with Gasteiger partial charge in [-0.25, -0.2) is 0 Å². The van der Waals surface area contributed by atoms with Crippen molar-refractivity contribution >= 4 is 17.7 Å². The number of benzene rings is 5. The van der Waals surface area contributed by atoms with E-state index in [1.165, 1.54) is 4.40 Å². The van der Waals surface area contributed by atoms with Gasteiger partial charge in [-0.2, -0.15) is 0 Å². The fraction of sp³-hybridized carbons (Fsp3) is 0.273. The Balaban J connectivity index is 0.000000322. The van der Waals surface area contributed by atoms with Gasteiger partial charge in [-0.3, -0.25) is 0 Å². The van der Waals surface area contributed by atoms with Crippen LogP contribution >= 0.6 is 0 Å². The van der Waals surface area contributed by atoms with Crippen LogP contribution in [0.15, 0.2) is 140 Å². The Morgan fingerprint density at radius 1 is 0.627 bits per heavy atom. The van der Waals surface area contributed by atoms with Gasteiger partial charge in [0.25, 0.3) is 0 Å². The molecule has 1 radical (unpaired) electrons. The molecule has 5 aromatic carbocycles. The number of nitrogens with zero attached hydrogens (tertiary/aromatic N) is 2. The van der Waals surface area contributed by atoms with Gasteiger partial charge in [0.15, 0.2) is 0 Å². The summed E-state index contributed by atoms with van der Waals surface area (Å²) in [6, 6.07) is 49.7. The summed E-state index contributed by atoms with van der Waals surface area (Å²) in [5.41, 5.74) is 12.3. The van der Waals surface area contributed by atoms with Gasteiger partial charge in [-0.05, 0) is 46.0 Å². The van der Waals surface area contributed by atoms with Gasteiger partial charge in [-0.1, -0.05) is 103 Å². The summed E-state index contributed by atoms with van der Waals surface area (Å²) in [6.45, 7) is 12.1. The molecular weight excluding hydrogens is 953 g/mol. The van der Waals surface area contributed by atoms with Crippen LogP contribution in [0.4, 0.5) is 0 Å². The predicted octanol–water partition coefficient (Wildman–Crippen LogP) is 14.8. The van der Waals surface area contributed by atoms with E-state index in [4.69, 9.17) is 11.8 Å². The van der Waals surface area contributed by atoms with Gasteiger partial charge in [0, 0.05) is 33.2 Å². The number of pyridine rings is 2. The Kier molecular flexibility index (Phi) is 13.0. The van der Waals surface area contributed by atoms with Crippen LogP contribution in [0.25, 0.3) is 55.9 Å².